The summed E-state index contributed by atoms with van der Waals surface area (Å²) in [6.07, 6.45) is -1.37. The Morgan fingerprint density at radius 2 is 1.50 bits per heavy atom. The molecule has 5 nitrogen and oxygen atoms in total. The number of rotatable bonds is 4. The molecule has 140 valence electrons. The monoisotopic (exact) mass is 381 g/mol. The van der Waals surface area contributed by atoms with Crippen molar-refractivity contribution in [3.05, 3.63) is 78.8 Å². The summed E-state index contributed by atoms with van der Waals surface area (Å²) < 4.78 is 38.6. The predicted octanol–water partition coefficient (Wildman–Crippen LogP) is 5.53. The van der Waals surface area contributed by atoms with Gasteiger partial charge in [0.05, 0.1) is 16.8 Å². The van der Waals surface area contributed by atoms with Crippen LogP contribution < -0.4 is 10.6 Å². The first-order chi connectivity index (χ1) is 13.5. The molecular formula is C20H14F3N5. The molecule has 4 aromatic rings. The van der Waals surface area contributed by atoms with Crippen LogP contribution >= 0.6 is 0 Å². The summed E-state index contributed by atoms with van der Waals surface area (Å²) in [6.45, 7) is 0. The molecule has 0 saturated carbocycles. The lowest BCUT2D eigenvalue weighted by atomic mass is 10.2. The molecule has 0 saturated heterocycles. The topological polar surface area (TPSA) is 62.7 Å². The maximum Gasteiger partial charge on any atom is 0.416 e. The predicted molar refractivity (Wildman–Crippen MR) is 102 cm³/mol. The van der Waals surface area contributed by atoms with Crippen molar-refractivity contribution in [2.24, 2.45) is 0 Å². The first-order valence-electron chi connectivity index (χ1n) is 8.36. The number of hydrogen-bond acceptors (Lipinski definition) is 5. The molecule has 0 fully saturated rings. The average Bonchev–Trinajstić information content (AvgIpc) is 2.68. The number of nitrogens with zero attached hydrogens (tertiary/aromatic N) is 3. The highest BCUT2D eigenvalue weighted by Crippen LogP contribution is 2.31. The van der Waals surface area contributed by atoms with E-state index in [0.717, 1.165) is 28.7 Å². The number of aromatic nitrogens is 3. The largest absolute Gasteiger partial charge is 0.416 e. The number of benzene rings is 2. The molecule has 28 heavy (non-hydrogen) atoms. The van der Waals surface area contributed by atoms with Gasteiger partial charge in [-0.3, -0.25) is 4.98 Å². The summed E-state index contributed by atoms with van der Waals surface area (Å²) in [7, 11) is 0. The minimum atomic E-state index is -4.41. The Labute approximate surface area is 158 Å². The lowest BCUT2D eigenvalue weighted by Crippen LogP contribution is -2.05. The lowest BCUT2D eigenvalue weighted by molar-refractivity contribution is -0.137. The van der Waals surface area contributed by atoms with Crippen molar-refractivity contribution in [1.29, 1.82) is 0 Å². The van der Waals surface area contributed by atoms with Crippen LogP contribution in [0.2, 0.25) is 0 Å². The summed E-state index contributed by atoms with van der Waals surface area (Å²) in [6, 6.07) is 16.1. The van der Waals surface area contributed by atoms with Gasteiger partial charge < -0.3 is 10.6 Å². The second kappa shape index (κ2) is 7.15. The Bertz CT molecular complexity index is 1120. The van der Waals surface area contributed by atoms with Crippen molar-refractivity contribution in [2.75, 3.05) is 10.6 Å². The molecule has 2 aromatic carbocycles. The quantitative estimate of drug-likeness (QED) is 0.487. The third-order valence-electron chi connectivity index (χ3n) is 4.02. The van der Waals surface area contributed by atoms with E-state index < -0.39 is 11.7 Å². The van der Waals surface area contributed by atoms with E-state index >= 15 is 0 Å². The van der Waals surface area contributed by atoms with Crippen molar-refractivity contribution in [3.8, 4) is 0 Å². The molecule has 2 aromatic heterocycles. The Morgan fingerprint density at radius 1 is 0.750 bits per heavy atom. The van der Waals surface area contributed by atoms with Crippen LogP contribution in [0, 0.1) is 0 Å². The molecule has 0 radical (unpaired) electrons. The minimum Gasteiger partial charge on any atom is -0.340 e. The summed E-state index contributed by atoms with van der Waals surface area (Å²) in [5.74, 6) is 0.854. The van der Waals surface area contributed by atoms with Gasteiger partial charge in [0.2, 0.25) is 0 Å². The first-order valence-corrected chi connectivity index (χ1v) is 8.36. The van der Waals surface area contributed by atoms with Crippen LogP contribution in [0.3, 0.4) is 0 Å². The summed E-state index contributed by atoms with van der Waals surface area (Å²) in [5.41, 5.74) is 1.11. The van der Waals surface area contributed by atoms with Crippen molar-refractivity contribution in [3.63, 3.8) is 0 Å². The average molecular weight is 381 g/mol. The van der Waals surface area contributed by atoms with Gasteiger partial charge in [-0.25, -0.2) is 9.97 Å². The normalized spacial score (nSPS) is 11.4. The van der Waals surface area contributed by atoms with Crippen LogP contribution in [0.4, 0.5) is 36.2 Å². The fourth-order valence-corrected chi connectivity index (χ4v) is 2.76. The molecule has 0 atom stereocenters. The van der Waals surface area contributed by atoms with Gasteiger partial charge in [0.15, 0.2) is 0 Å². The smallest absolute Gasteiger partial charge is 0.340 e. The van der Waals surface area contributed by atoms with Gasteiger partial charge in [0.25, 0.3) is 0 Å². The van der Waals surface area contributed by atoms with Gasteiger partial charge in [-0.15, -0.1) is 0 Å². The fourth-order valence-electron chi connectivity index (χ4n) is 2.76. The third-order valence-corrected chi connectivity index (χ3v) is 4.02. The number of hydrogen-bond donors (Lipinski definition) is 2. The molecule has 0 aliphatic carbocycles. The van der Waals surface area contributed by atoms with Gasteiger partial charge >= 0.3 is 6.18 Å². The van der Waals surface area contributed by atoms with E-state index in [1.165, 1.54) is 12.4 Å². The lowest BCUT2D eigenvalue weighted by Gasteiger charge is -2.12. The zero-order chi connectivity index (χ0) is 19.6. The Hall–Kier alpha value is -3.68. The van der Waals surface area contributed by atoms with Crippen LogP contribution in [-0.4, -0.2) is 15.0 Å². The maximum absolute atomic E-state index is 12.9. The highest BCUT2D eigenvalue weighted by Gasteiger charge is 2.30. The standard InChI is InChI=1S/C20H14F3N5/c21-20(22,23)14-6-2-7-15(10-14)27-17-11-18(26-12-25-17)28-16-8-1-4-13-5-3-9-24-19(13)16/h1-12H,(H2,25,26,27,28). The molecule has 0 aliphatic rings. The van der Waals surface area contributed by atoms with Crippen molar-refractivity contribution >= 4 is 33.9 Å². The number of halogens is 3. The van der Waals surface area contributed by atoms with Crippen LogP contribution in [0.5, 0.6) is 0 Å². The van der Waals surface area contributed by atoms with Crippen LogP contribution in [0.25, 0.3) is 10.9 Å². The Morgan fingerprint density at radius 3 is 2.32 bits per heavy atom. The van der Waals surface area contributed by atoms with Crippen molar-refractivity contribution in [1.82, 2.24) is 15.0 Å². The summed E-state index contributed by atoms with van der Waals surface area (Å²) >= 11 is 0. The van der Waals surface area contributed by atoms with E-state index in [-0.39, 0.29) is 5.69 Å². The molecule has 8 heteroatoms. The van der Waals surface area contributed by atoms with Gasteiger partial charge in [0.1, 0.15) is 18.0 Å². The van der Waals surface area contributed by atoms with E-state index in [1.54, 1.807) is 18.3 Å². The highest BCUT2D eigenvalue weighted by atomic mass is 19.4. The van der Waals surface area contributed by atoms with Gasteiger partial charge in [0, 0.05) is 23.3 Å². The zero-order valence-corrected chi connectivity index (χ0v) is 14.4. The maximum atomic E-state index is 12.9. The second-order valence-corrected chi connectivity index (χ2v) is 6.00. The third kappa shape index (κ3) is 3.85. The van der Waals surface area contributed by atoms with Gasteiger partial charge in [-0.05, 0) is 30.3 Å². The Balaban J connectivity index is 1.58. The molecule has 2 heterocycles. The van der Waals surface area contributed by atoms with Gasteiger partial charge in [-0.1, -0.05) is 24.3 Å². The summed E-state index contributed by atoms with van der Waals surface area (Å²) in [5, 5.41) is 7.02. The Kier molecular flexibility index (Phi) is 4.52. The molecule has 0 bridgehead atoms. The van der Waals surface area contributed by atoms with E-state index in [0.29, 0.717) is 11.6 Å². The number of nitrogens with one attached hydrogen (secondary N) is 2. The molecule has 4 rings (SSSR count). The van der Waals surface area contributed by atoms with Crippen molar-refractivity contribution < 1.29 is 13.2 Å². The molecular weight excluding hydrogens is 367 g/mol. The molecule has 0 spiro atoms. The van der Waals surface area contributed by atoms with Crippen LogP contribution in [0.15, 0.2) is 73.2 Å². The van der Waals surface area contributed by atoms with E-state index in [1.807, 2.05) is 30.3 Å². The minimum absolute atomic E-state index is 0.284. The number of anilines is 4. The fraction of sp³-hybridized carbons (Fsp3) is 0.0500. The molecule has 0 aliphatic heterocycles. The van der Waals surface area contributed by atoms with E-state index in [2.05, 4.69) is 25.6 Å². The number of fused-ring (bicyclic) bond motifs is 1. The summed E-state index contributed by atoms with van der Waals surface area (Å²) in [4.78, 5) is 12.6. The SMILES string of the molecule is FC(F)(F)c1cccc(Nc2cc(Nc3cccc4cccnc34)ncn2)c1. The van der Waals surface area contributed by atoms with Crippen molar-refractivity contribution in [2.45, 2.75) is 6.18 Å². The molecule has 0 amide bonds. The number of alkyl halides is 3. The van der Waals surface area contributed by atoms with Crippen LogP contribution in [-0.2, 0) is 6.18 Å². The van der Waals surface area contributed by atoms with Crippen LogP contribution in [0.1, 0.15) is 5.56 Å². The molecule has 2 N–H and O–H groups in total. The highest BCUT2D eigenvalue weighted by molar-refractivity contribution is 5.91. The zero-order valence-electron chi connectivity index (χ0n) is 14.4. The van der Waals surface area contributed by atoms with Gasteiger partial charge in [-0.2, -0.15) is 13.2 Å². The van der Waals surface area contributed by atoms with E-state index in [9.17, 15) is 13.2 Å². The number of para-hydroxylation sites is 1. The molecule has 0 unspecified atom stereocenters. The second-order valence-electron chi connectivity index (χ2n) is 6.00. The first kappa shape index (κ1) is 17.7. The van der Waals surface area contributed by atoms with E-state index in [4.69, 9.17) is 0 Å². The number of pyridine rings is 1.